The van der Waals surface area contributed by atoms with Crippen LogP contribution in [0, 0.1) is 5.92 Å². The minimum absolute atomic E-state index is 0.322. The van der Waals surface area contributed by atoms with Crippen molar-refractivity contribution in [3.63, 3.8) is 0 Å². The molecule has 1 aromatic heterocycles. The van der Waals surface area contributed by atoms with Crippen molar-refractivity contribution < 1.29 is 19.0 Å². The van der Waals surface area contributed by atoms with Gasteiger partial charge in [0.25, 0.3) is 0 Å². The van der Waals surface area contributed by atoms with Crippen LogP contribution in [-0.2, 0) is 17.8 Å². The Bertz CT molecular complexity index is 1300. The Morgan fingerprint density at radius 3 is 2.45 bits per heavy atom. The Morgan fingerprint density at radius 2 is 1.75 bits per heavy atom. The SMILES string of the molecule is COc1ccc(CNCc2cnc3ccc(Cl)cc3c2N[C@H]2CC[C@H](CNC(=O)OC(C)(C)C)CC2)c(OC)c1. The first-order valence-corrected chi connectivity index (χ1v) is 14.2. The molecule has 0 radical (unpaired) electrons. The van der Waals surface area contributed by atoms with E-state index < -0.39 is 5.60 Å². The fourth-order valence-electron chi connectivity index (χ4n) is 5.10. The van der Waals surface area contributed by atoms with Crippen molar-refractivity contribution in [1.29, 1.82) is 0 Å². The highest BCUT2D eigenvalue weighted by Gasteiger charge is 2.24. The summed E-state index contributed by atoms with van der Waals surface area (Å²) < 4.78 is 16.3. The second kappa shape index (κ2) is 13.4. The molecule has 1 fully saturated rings. The van der Waals surface area contributed by atoms with Crippen molar-refractivity contribution in [3.05, 3.63) is 58.7 Å². The Morgan fingerprint density at radius 1 is 1.00 bits per heavy atom. The van der Waals surface area contributed by atoms with Gasteiger partial charge in [-0.05, 0) is 76.6 Å². The lowest BCUT2D eigenvalue weighted by molar-refractivity contribution is 0.0515. The van der Waals surface area contributed by atoms with Gasteiger partial charge < -0.3 is 30.2 Å². The van der Waals surface area contributed by atoms with Crippen LogP contribution in [0.4, 0.5) is 10.5 Å². The number of nitrogens with zero attached hydrogens (tertiary/aromatic N) is 1. The number of anilines is 1. The van der Waals surface area contributed by atoms with Crippen molar-refractivity contribution in [3.8, 4) is 11.5 Å². The molecule has 4 rings (SSSR count). The summed E-state index contributed by atoms with van der Waals surface area (Å²) in [5, 5.41) is 12.0. The first-order chi connectivity index (χ1) is 19.1. The quantitative estimate of drug-likeness (QED) is 0.251. The summed E-state index contributed by atoms with van der Waals surface area (Å²) >= 11 is 6.41. The zero-order valence-corrected chi connectivity index (χ0v) is 24.9. The number of carbonyl (C=O) groups excluding carboxylic acids is 1. The van der Waals surface area contributed by atoms with Crippen LogP contribution in [-0.4, -0.2) is 43.5 Å². The average Bonchev–Trinajstić information content (AvgIpc) is 2.93. The maximum atomic E-state index is 12.1. The number of pyridine rings is 1. The molecule has 2 aromatic carbocycles. The summed E-state index contributed by atoms with van der Waals surface area (Å²) in [6.45, 7) is 7.52. The molecule has 8 nitrogen and oxygen atoms in total. The second-order valence-corrected chi connectivity index (χ2v) is 11.8. The molecule has 1 aliphatic carbocycles. The highest BCUT2D eigenvalue weighted by atomic mass is 35.5. The number of rotatable bonds is 10. The van der Waals surface area contributed by atoms with E-state index in [1.165, 1.54) is 0 Å². The maximum Gasteiger partial charge on any atom is 0.407 e. The Hall–Kier alpha value is -3.23. The molecule has 40 heavy (non-hydrogen) atoms. The van der Waals surface area contributed by atoms with E-state index in [1.807, 2.05) is 63.4 Å². The number of carbonyl (C=O) groups is 1. The smallest absolute Gasteiger partial charge is 0.407 e. The van der Waals surface area contributed by atoms with Gasteiger partial charge >= 0.3 is 6.09 Å². The minimum atomic E-state index is -0.491. The molecule has 9 heteroatoms. The molecule has 0 bridgehead atoms. The predicted octanol–water partition coefficient (Wildman–Crippen LogP) is 6.69. The normalized spacial score (nSPS) is 17.4. The first-order valence-electron chi connectivity index (χ1n) is 13.9. The molecule has 0 spiro atoms. The van der Waals surface area contributed by atoms with Crippen LogP contribution in [0.15, 0.2) is 42.6 Å². The third-order valence-corrected chi connectivity index (χ3v) is 7.40. The Kier molecular flexibility index (Phi) is 9.98. The number of aromatic nitrogens is 1. The molecule has 1 amide bonds. The van der Waals surface area contributed by atoms with E-state index in [0.717, 1.165) is 64.9 Å². The minimum Gasteiger partial charge on any atom is -0.497 e. The van der Waals surface area contributed by atoms with Crippen molar-refractivity contribution in [2.45, 2.75) is 71.2 Å². The maximum absolute atomic E-state index is 12.1. The molecule has 1 aliphatic rings. The van der Waals surface area contributed by atoms with E-state index in [9.17, 15) is 4.79 Å². The molecule has 1 heterocycles. The highest BCUT2D eigenvalue weighted by molar-refractivity contribution is 6.31. The van der Waals surface area contributed by atoms with Gasteiger partial charge in [-0.1, -0.05) is 17.7 Å². The van der Waals surface area contributed by atoms with E-state index in [0.29, 0.717) is 36.6 Å². The zero-order valence-electron chi connectivity index (χ0n) is 24.1. The summed E-state index contributed by atoms with van der Waals surface area (Å²) in [5.74, 6) is 1.99. The average molecular weight is 569 g/mol. The van der Waals surface area contributed by atoms with Crippen LogP contribution in [0.3, 0.4) is 0 Å². The summed E-state index contributed by atoms with van der Waals surface area (Å²) in [7, 11) is 3.31. The van der Waals surface area contributed by atoms with Crippen LogP contribution >= 0.6 is 11.6 Å². The van der Waals surface area contributed by atoms with Gasteiger partial charge in [0.2, 0.25) is 0 Å². The van der Waals surface area contributed by atoms with Gasteiger partial charge in [-0.25, -0.2) is 4.79 Å². The van der Waals surface area contributed by atoms with Gasteiger partial charge in [-0.15, -0.1) is 0 Å². The number of hydrogen-bond donors (Lipinski definition) is 3. The molecule has 0 unspecified atom stereocenters. The highest BCUT2D eigenvalue weighted by Crippen LogP contribution is 2.33. The number of hydrogen-bond acceptors (Lipinski definition) is 7. The van der Waals surface area contributed by atoms with Crippen LogP contribution in [0.25, 0.3) is 10.9 Å². The van der Waals surface area contributed by atoms with Gasteiger partial charge in [0.1, 0.15) is 17.1 Å². The van der Waals surface area contributed by atoms with Crippen molar-refractivity contribution in [1.82, 2.24) is 15.6 Å². The zero-order chi connectivity index (χ0) is 28.7. The molecule has 0 atom stereocenters. The van der Waals surface area contributed by atoms with E-state index in [-0.39, 0.29) is 6.09 Å². The Labute approximate surface area is 242 Å². The van der Waals surface area contributed by atoms with E-state index in [1.54, 1.807) is 14.2 Å². The third kappa shape index (κ3) is 8.15. The molecule has 3 N–H and O–H groups in total. The number of nitrogens with one attached hydrogen (secondary N) is 3. The van der Waals surface area contributed by atoms with Gasteiger partial charge in [0.15, 0.2) is 0 Å². The van der Waals surface area contributed by atoms with Crippen LogP contribution < -0.4 is 25.4 Å². The molecule has 0 saturated heterocycles. The number of halogens is 1. The molecular weight excluding hydrogens is 528 g/mol. The molecule has 216 valence electrons. The molecule has 1 saturated carbocycles. The fourth-order valence-corrected chi connectivity index (χ4v) is 5.27. The lowest BCUT2D eigenvalue weighted by atomic mass is 9.85. The standard InChI is InChI=1S/C31H41ClN4O4/c1-31(2,3)40-30(37)35-16-20-6-10-24(11-7-20)36-29-22(19-34-27-13-9-23(32)14-26(27)29)18-33-17-21-8-12-25(38-4)15-28(21)39-5/h8-9,12-15,19-20,24,33H,6-7,10-11,16-18H2,1-5H3,(H,34,36)(H,35,37)/t20-,24-. The lowest BCUT2D eigenvalue weighted by Gasteiger charge is -2.31. The van der Waals surface area contributed by atoms with Gasteiger partial charge in [0.05, 0.1) is 19.7 Å². The Balaban J connectivity index is 1.41. The summed E-state index contributed by atoms with van der Waals surface area (Å²) in [6.07, 6.45) is 5.68. The largest absolute Gasteiger partial charge is 0.497 e. The third-order valence-electron chi connectivity index (χ3n) is 7.16. The van der Waals surface area contributed by atoms with Crippen molar-refractivity contribution >= 4 is 34.3 Å². The van der Waals surface area contributed by atoms with Gasteiger partial charge in [-0.2, -0.15) is 0 Å². The summed E-state index contributed by atoms with van der Waals surface area (Å²) in [4.78, 5) is 16.8. The number of ether oxygens (including phenoxy) is 3. The number of benzene rings is 2. The van der Waals surface area contributed by atoms with E-state index in [4.69, 9.17) is 30.8 Å². The topological polar surface area (TPSA) is 93.7 Å². The molecule has 3 aromatic rings. The number of methoxy groups -OCH3 is 2. The summed E-state index contributed by atoms with van der Waals surface area (Å²) in [5.41, 5.74) is 3.61. The number of alkyl carbamates (subject to hydrolysis) is 1. The number of amides is 1. The predicted molar refractivity (Wildman–Crippen MR) is 160 cm³/mol. The van der Waals surface area contributed by atoms with Crippen LogP contribution in [0.1, 0.15) is 57.6 Å². The number of fused-ring (bicyclic) bond motifs is 1. The first kappa shape index (κ1) is 29.7. The lowest BCUT2D eigenvalue weighted by Crippen LogP contribution is -2.37. The fraction of sp³-hybridized carbons (Fsp3) is 0.484. The van der Waals surface area contributed by atoms with Crippen LogP contribution in [0.2, 0.25) is 5.02 Å². The van der Waals surface area contributed by atoms with Crippen molar-refractivity contribution in [2.75, 3.05) is 26.1 Å². The summed E-state index contributed by atoms with van der Waals surface area (Å²) in [6, 6.07) is 12.0. The monoisotopic (exact) mass is 568 g/mol. The van der Waals surface area contributed by atoms with Gasteiger partial charge in [0, 0.05) is 65.2 Å². The van der Waals surface area contributed by atoms with E-state index >= 15 is 0 Å². The second-order valence-electron chi connectivity index (χ2n) is 11.3. The van der Waals surface area contributed by atoms with E-state index in [2.05, 4.69) is 16.0 Å². The molecule has 0 aliphatic heterocycles. The van der Waals surface area contributed by atoms with Gasteiger partial charge in [-0.3, -0.25) is 4.98 Å². The van der Waals surface area contributed by atoms with Crippen molar-refractivity contribution in [2.24, 2.45) is 5.92 Å². The van der Waals surface area contributed by atoms with Crippen LogP contribution in [0.5, 0.6) is 11.5 Å². The molecular formula is C31H41ClN4O4.